The number of nitrogens with one attached hydrogen (secondary N) is 1. The fourth-order valence-electron chi connectivity index (χ4n) is 3.09. The number of benzene rings is 1. The molecule has 2 rings (SSSR count). The first-order chi connectivity index (χ1) is 9.20. The lowest BCUT2D eigenvalue weighted by molar-refractivity contribution is 0.261. The van der Waals surface area contributed by atoms with Crippen molar-refractivity contribution < 1.29 is 4.39 Å². The van der Waals surface area contributed by atoms with Gasteiger partial charge in [-0.15, -0.1) is 0 Å². The van der Waals surface area contributed by atoms with Gasteiger partial charge in [0.15, 0.2) is 0 Å². The molecule has 0 bridgehead atoms. The van der Waals surface area contributed by atoms with E-state index in [9.17, 15) is 4.39 Å². The molecule has 1 aromatic carbocycles. The standard InChI is InChI=1S/C16H23BrFN/c1-2-16(12-6-4-3-5-7-12)19-11-13-8-9-14(17)10-15(13)18/h8-10,12,16,19H,2-7,11H2,1H3. The Bertz CT molecular complexity index is 402. The molecule has 1 nitrogen and oxygen atoms in total. The van der Waals surface area contributed by atoms with Crippen molar-refractivity contribution in [2.45, 2.75) is 58.0 Å². The summed E-state index contributed by atoms with van der Waals surface area (Å²) in [6, 6.07) is 5.84. The van der Waals surface area contributed by atoms with Crippen LogP contribution in [0.1, 0.15) is 51.0 Å². The zero-order valence-electron chi connectivity index (χ0n) is 11.6. The van der Waals surface area contributed by atoms with E-state index in [1.165, 1.54) is 32.1 Å². The van der Waals surface area contributed by atoms with Crippen LogP contribution in [0.25, 0.3) is 0 Å². The summed E-state index contributed by atoms with van der Waals surface area (Å²) in [4.78, 5) is 0. The van der Waals surface area contributed by atoms with E-state index < -0.39 is 0 Å². The van der Waals surface area contributed by atoms with Gasteiger partial charge in [-0.3, -0.25) is 0 Å². The van der Waals surface area contributed by atoms with Gasteiger partial charge in [-0.05, 0) is 37.3 Å². The van der Waals surface area contributed by atoms with Gasteiger partial charge < -0.3 is 5.32 Å². The van der Waals surface area contributed by atoms with Crippen molar-refractivity contribution in [3.05, 3.63) is 34.1 Å². The molecule has 1 unspecified atom stereocenters. The van der Waals surface area contributed by atoms with Crippen LogP contribution in [-0.4, -0.2) is 6.04 Å². The first-order valence-corrected chi connectivity index (χ1v) is 8.17. The summed E-state index contributed by atoms with van der Waals surface area (Å²) in [5.74, 6) is 0.651. The molecule has 1 aromatic rings. The maximum atomic E-state index is 13.8. The summed E-state index contributed by atoms with van der Waals surface area (Å²) in [6.07, 6.45) is 7.88. The number of halogens is 2. The van der Waals surface area contributed by atoms with Gasteiger partial charge in [0.25, 0.3) is 0 Å². The average Bonchev–Trinajstić information content (AvgIpc) is 2.43. The second-order valence-corrected chi connectivity index (χ2v) is 6.45. The van der Waals surface area contributed by atoms with Gasteiger partial charge in [-0.25, -0.2) is 4.39 Å². The molecule has 106 valence electrons. The SMILES string of the molecule is CCC(NCc1ccc(Br)cc1F)C1CCCCC1. The Balaban J connectivity index is 1.91. The largest absolute Gasteiger partial charge is 0.310 e. The quantitative estimate of drug-likeness (QED) is 0.799. The Morgan fingerprint density at radius 3 is 2.68 bits per heavy atom. The summed E-state index contributed by atoms with van der Waals surface area (Å²) in [7, 11) is 0. The van der Waals surface area contributed by atoms with E-state index in [0.29, 0.717) is 12.6 Å². The third-order valence-electron chi connectivity index (χ3n) is 4.23. The molecule has 3 heteroatoms. The number of hydrogen-bond acceptors (Lipinski definition) is 1. The van der Waals surface area contributed by atoms with Crippen LogP contribution in [0.3, 0.4) is 0 Å². The number of hydrogen-bond donors (Lipinski definition) is 1. The summed E-state index contributed by atoms with van der Waals surface area (Å²) in [5.41, 5.74) is 0.762. The van der Waals surface area contributed by atoms with Crippen LogP contribution in [0.15, 0.2) is 22.7 Å². The van der Waals surface area contributed by atoms with Crippen molar-refractivity contribution in [3.8, 4) is 0 Å². The van der Waals surface area contributed by atoms with Crippen LogP contribution < -0.4 is 5.32 Å². The van der Waals surface area contributed by atoms with Crippen LogP contribution in [0.4, 0.5) is 4.39 Å². The van der Waals surface area contributed by atoms with Crippen molar-refractivity contribution >= 4 is 15.9 Å². The average molecular weight is 328 g/mol. The molecule has 1 aliphatic carbocycles. The summed E-state index contributed by atoms with van der Waals surface area (Å²) < 4.78 is 14.6. The van der Waals surface area contributed by atoms with E-state index in [1.54, 1.807) is 6.07 Å². The van der Waals surface area contributed by atoms with Crippen molar-refractivity contribution in [2.75, 3.05) is 0 Å². The fourth-order valence-corrected chi connectivity index (χ4v) is 3.42. The molecule has 1 N–H and O–H groups in total. The Kier molecular flexibility index (Phi) is 5.83. The Labute approximate surface area is 124 Å². The smallest absolute Gasteiger partial charge is 0.128 e. The highest BCUT2D eigenvalue weighted by Gasteiger charge is 2.21. The maximum absolute atomic E-state index is 13.8. The third-order valence-corrected chi connectivity index (χ3v) is 4.72. The minimum atomic E-state index is -0.125. The molecule has 0 aliphatic heterocycles. The van der Waals surface area contributed by atoms with Crippen LogP contribution >= 0.6 is 15.9 Å². The topological polar surface area (TPSA) is 12.0 Å². The molecule has 0 saturated heterocycles. The van der Waals surface area contributed by atoms with Gasteiger partial charge >= 0.3 is 0 Å². The van der Waals surface area contributed by atoms with Crippen LogP contribution in [-0.2, 0) is 6.54 Å². The Morgan fingerprint density at radius 2 is 2.05 bits per heavy atom. The van der Waals surface area contributed by atoms with Crippen molar-refractivity contribution in [2.24, 2.45) is 5.92 Å². The minimum absolute atomic E-state index is 0.125. The van der Waals surface area contributed by atoms with Crippen LogP contribution in [0, 0.1) is 11.7 Å². The van der Waals surface area contributed by atoms with Crippen molar-refractivity contribution in [1.82, 2.24) is 5.32 Å². The van der Waals surface area contributed by atoms with Gasteiger partial charge in [0.1, 0.15) is 5.82 Å². The predicted octanol–water partition coefficient (Wildman–Crippen LogP) is 5.04. The van der Waals surface area contributed by atoms with Gasteiger partial charge in [0.2, 0.25) is 0 Å². The maximum Gasteiger partial charge on any atom is 0.128 e. The first-order valence-electron chi connectivity index (χ1n) is 7.38. The van der Waals surface area contributed by atoms with E-state index >= 15 is 0 Å². The van der Waals surface area contributed by atoms with E-state index in [0.717, 1.165) is 22.4 Å². The minimum Gasteiger partial charge on any atom is -0.310 e. The van der Waals surface area contributed by atoms with Gasteiger partial charge in [-0.2, -0.15) is 0 Å². The second-order valence-electron chi connectivity index (χ2n) is 5.53. The highest BCUT2D eigenvalue weighted by Crippen LogP contribution is 2.28. The third kappa shape index (κ3) is 4.28. The molecule has 1 fully saturated rings. The van der Waals surface area contributed by atoms with Crippen molar-refractivity contribution in [3.63, 3.8) is 0 Å². The first kappa shape index (κ1) is 15.0. The zero-order chi connectivity index (χ0) is 13.7. The molecule has 0 amide bonds. The van der Waals surface area contributed by atoms with Gasteiger partial charge in [0.05, 0.1) is 0 Å². The molecular formula is C16H23BrFN. The van der Waals surface area contributed by atoms with E-state index in [2.05, 4.69) is 28.2 Å². The Morgan fingerprint density at radius 1 is 1.32 bits per heavy atom. The molecular weight excluding hydrogens is 305 g/mol. The van der Waals surface area contributed by atoms with Gasteiger partial charge in [-0.1, -0.05) is 48.2 Å². The van der Waals surface area contributed by atoms with E-state index in [-0.39, 0.29) is 5.82 Å². The number of rotatable bonds is 5. The lowest BCUT2D eigenvalue weighted by atomic mass is 9.83. The second kappa shape index (κ2) is 7.39. The van der Waals surface area contributed by atoms with E-state index in [1.807, 2.05) is 12.1 Å². The molecule has 0 heterocycles. The molecule has 0 spiro atoms. The van der Waals surface area contributed by atoms with Crippen LogP contribution in [0.2, 0.25) is 0 Å². The van der Waals surface area contributed by atoms with Crippen molar-refractivity contribution in [1.29, 1.82) is 0 Å². The van der Waals surface area contributed by atoms with Gasteiger partial charge in [0, 0.05) is 22.6 Å². The summed E-state index contributed by atoms with van der Waals surface area (Å²) in [5, 5.41) is 3.56. The Hall–Kier alpha value is -0.410. The fraction of sp³-hybridized carbons (Fsp3) is 0.625. The lowest BCUT2D eigenvalue weighted by Gasteiger charge is -2.30. The zero-order valence-corrected chi connectivity index (χ0v) is 13.2. The summed E-state index contributed by atoms with van der Waals surface area (Å²) >= 11 is 3.29. The molecule has 0 radical (unpaired) electrons. The summed E-state index contributed by atoms with van der Waals surface area (Å²) in [6.45, 7) is 2.86. The van der Waals surface area contributed by atoms with E-state index in [4.69, 9.17) is 0 Å². The van der Waals surface area contributed by atoms with Crippen LogP contribution in [0.5, 0.6) is 0 Å². The molecule has 1 atom stereocenters. The monoisotopic (exact) mass is 327 g/mol. The highest BCUT2D eigenvalue weighted by atomic mass is 79.9. The molecule has 1 aliphatic rings. The molecule has 0 aromatic heterocycles. The highest BCUT2D eigenvalue weighted by molar-refractivity contribution is 9.10. The molecule has 1 saturated carbocycles. The normalized spacial score (nSPS) is 18.5. The predicted molar refractivity (Wildman–Crippen MR) is 81.6 cm³/mol. The molecule has 19 heavy (non-hydrogen) atoms. The lowest BCUT2D eigenvalue weighted by Crippen LogP contribution is -2.36.